The number of sulfonamides is 1. The Kier molecular flexibility index (Phi) is 4.29. The van der Waals surface area contributed by atoms with Crippen molar-refractivity contribution in [1.82, 2.24) is 10.2 Å². The highest BCUT2D eigenvalue weighted by Crippen LogP contribution is 2.13. The molecule has 20 heavy (non-hydrogen) atoms. The van der Waals surface area contributed by atoms with E-state index in [0.717, 1.165) is 18.5 Å². The zero-order valence-corrected chi connectivity index (χ0v) is 12.1. The van der Waals surface area contributed by atoms with E-state index in [9.17, 15) is 8.42 Å². The van der Waals surface area contributed by atoms with E-state index in [-0.39, 0.29) is 5.75 Å². The Hall–Kier alpha value is -2.02. The average molecular weight is 294 g/mol. The van der Waals surface area contributed by atoms with Crippen molar-refractivity contribution in [3.05, 3.63) is 41.6 Å². The van der Waals surface area contributed by atoms with Crippen LogP contribution >= 0.6 is 0 Å². The molecule has 0 aliphatic carbocycles. The molecule has 0 fully saturated rings. The quantitative estimate of drug-likeness (QED) is 0.708. The predicted molar refractivity (Wildman–Crippen MR) is 79.7 cm³/mol. The summed E-state index contributed by atoms with van der Waals surface area (Å²) in [5.41, 5.74) is 7.76. The number of nitrogens with two attached hydrogens (primary N) is 1. The highest BCUT2D eigenvalue weighted by molar-refractivity contribution is 7.91. The van der Waals surface area contributed by atoms with Crippen LogP contribution in [0.3, 0.4) is 0 Å². The van der Waals surface area contributed by atoms with Crippen LogP contribution in [0.2, 0.25) is 0 Å². The van der Waals surface area contributed by atoms with Crippen LogP contribution in [-0.2, 0) is 22.2 Å². The van der Waals surface area contributed by atoms with Gasteiger partial charge in [-0.3, -0.25) is 9.82 Å². The van der Waals surface area contributed by atoms with E-state index in [1.807, 2.05) is 6.92 Å². The van der Waals surface area contributed by atoms with Gasteiger partial charge in [0.1, 0.15) is 0 Å². The van der Waals surface area contributed by atoms with Crippen molar-refractivity contribution in [3.63, 3.8) is 0 Å². The minimum atomic E-state index is -3.48. The second kappa shape index (κ2) is 5.96. The van der Waals surface area contributed by atoms with E-state index in [1.54, 1.807) is 30.3 Å². The summed E-state index contributed by atoms with van der Waals surface area (Å²) < 4.78 is 26.5. The van der Waals surface area contributed by atoms with Crippen molar-refractivity contribution in [2.45, 2.75) is 25.5 Å². The van der Waals surface area contributed by atoms with Crippen LogP contribution in [0.15, 0.2) is 30.3 Å². The average Bonchev–Trinajstić information content (AvgIpc) is 2.79. The highest BCUT2D eigenvalue weighted by Gasteiger charge is 2.13. The van der Waals surface area contributed by atoms with Gasteiger partial charge in [0, 0.05) is 17.4 Å². The van der Waals surface area contributed by atoms with Gasteiger partial charge in [-0.15, -0.1) is 0 Å². The van der Waals surface area contributed by atoms with Gasteiger partial charge in [0.2, 0.25) is 10.0 Å². The van der Waals surface area contributed by atoms with Crippen LogP contribution in [0, 0.1) is 0 Å². The number of aromatic amines is 1. The van der Waals surface area contributed by atoms with E-state index in [4.69, 9.17) is 5.73 Å². The number of anilines is 2. The van der Waals surface area contributed by atoms with Gasteiger partial charge in [-0.2, -0.15) is 5.10 Å². The molecule has 0 amide bonds. The molecule has 0 bridgehead atoms. The first-order valence-corrected chi connectivity index (χ1v) is 8.03. The lowest BCUT2D eigenvalue weighted by molar-refractivity contribution is 0.600. The molecule has 0 saturated heterocycles. The van der Waals surface area contributed by atoms with Gasteiger partial charge in [-0.05, 0) is 24.1 Å². The number of aryl methyl sites for hydroxylation is 1. The third-order valence-electron chi connectivity index (χ3n) is 2.75. The number of H-pyrrole nitrogens is 1. The molecule has 0 atom stereocenters. The monoisotopic (exact) mass is 294 g/mol. The minimum Gasteiger partial charge on any atom is -0.399 e. The molecule has 6 nitrogen and oxygen atoms in total. The molecule has 2 aromatic rings. The van der Waals surface area contributed by atoms with Crippen molar-refractivity contribution >= 4 is 21.5 Å². The van der Waals surface area contributed by atoms with Crippen molar-refractivity contribution in [2.75, 3.05) is 10.5 Å². The summed E-state index contributed by atoms with van der Waals surface area (Å²) in [6.07, 6.45) is 1.81. The third kappa shape index (κ3) is 3.99. The first-order chi connectivity index (χ1) is 9.48. The maximum Gasteiger partial charge on any atom is 0.238 e. The van der Waals surface area contributed by atoms with Crippen molar-refractivity contribution in [3.8, 4) is 0 Å². The number of aromatic nitrogens is 2. The maximum atomic E-state index is 12.0. The molecule has 1 heterocycles. The molecule has 0 aliphatic rings. The molecular weight excluding hydrogens is 276 g/mol. The van der Waals surface area contributed by atoms with Gasteiger partial charge in [-0.1, -0.05) is 25.5 Å². The number of nitrogens with one attached hydrogen (secondary N) is 2. The summed E-state index contributed by atoms with van der Waals surface area (Å²) in [7, 11) is -3.48. The summed E-state index contributed by atoms with van der Waals surface area (Å²) in [4.78, 5) is 0. The van der Waals surface area contributed by atoms with E-state index in [2.05, 4.69) is 14.9 Å². The van der Waals surface area contributed by atoms with Crippen LogP contribution in [0.4, 0.5) is 11.5 Å². The zero-order chi connectivity index (χ0) is 14.6. The fraction of sp³-hybridized carbons (Fsp3) is 0.308. The van der Waals surface area contributed by atoms with Crippen LogP contribution in [0.5, 0.6) is 0 Å². The van der Waals surface area contributed by atoms with Crippen molar-refractivity contribution < 1.29 is 8.42 Å². The summed E-state index contributed by atoms with van der Waals surface area (Å²) >= 11 is 0. The third-order valence-corrected chi connectivity index (χ3v) is 3.98. The Balaban J connectivity index is 2.04. The predicted octanol–water partition coefficient (Wildman–Crippen LogP) is 1.89. The van der Waals surface area contributed by atoms with Gasteiger partial charge < -0.3 is 5.73 Å². The van der Waals surface area contributed by atoms with Crippen molar-refractivity contribution in [2.24, 2.45) is 0 Å². The number of hydrogen-bond donors (Lipinski definition) is 3. The van der Waals surface area contributed by atoms with Gasteiger partial charge >= 0.3 is 0 Å². The van der Waals surface area contributed by atoms with Crippen LogP contribution < -0.4 is 10.5 Å². The number of benzene rings is 1. The number of nitrogen functional groups attached to an aromatic ring is 1. The molecule has 0 radical (unpaired) electrons. The second-order valence-electron chi connectivity index (χ2n) is 4.63. The number of nitrogens with zero attached hydrogens (tertiary/aromatic N) is 1. The fourth-order valence-corrected chi connectivity index (χ4v) is 2.97. The molecule has 0 aliphatic heterocycles. The smallest absolute Gasteiger partial charge is 0.238 e. The molecular formula is C13H18N4O2S. The molecule has 0 spiro atoms. The zero-order valence-electron chi connectivity index (χ0n) is 11.3. The Labute approximate surface area is 118 Å². The molecule has 1 aromatic carbocycles. The summed E-state index contributed by atoms with van der Waals surface area (Å²) in [5.74, 6) is 0.215. The van der Waals surface area contributed by atoms with Crippen molar-refractivity contribution in [1.29, 1.82) is 0 Å². The van der Waals surface area contributed by atoms with Crippen LogP contribution in [0.25, 0.3) is 0 Å². The lowest BCUT2D eigenvalue weighted by Gasteiger charge is -2.05. The molecule has 4 N–H and O–H groups in total. The van der Waals surface area contributed by atoms with E-state index < -0.39 is 10.0 Å². The van der Waals surface area contributed by atoms with Gasteiger partial charge in [0.15, 0.2) is 5.82 Å². The molecule has 0 saturated carbocycles. The normalized spacial score (nSPS) is 11.4. The Morgan fingerprint density at radius 1 is 1.30 bits per heavy atom. The molecule has 1 aromatic heterocycles. The molecule has 2 rings (SSSR count). The topological polar surface area (TPSA) is 101 Å². The highest BCUT2D eigenvalue weighted by atomic mass is 32.2. The SMILES string of the molecule is CCCc1cc(NS(=O)(=O)Cc2ccc(N)cc2)n[nH]1. The number of rotatable bonds is 6. The molecule has 0 unspecified atom stereocenters. The first-order valence-electron chi connectivity index (χ1n) is 6.37. The maximum absolute atomic E-state index is 12.0. The lowest BCUT2D eigenvalue weighted by atomic mass is 10.2. The van der Waals surface area contributed by atoms with Crippen LogP contribution in [-0.4, -0.2) is 18.6 Å². The summed E-state index contributed by atoms with van der Waals surface area (Å²) in [6, 6.07) is 8.46. The van der Waals surface area contributed by atoms with Gasteiger partial charge in [0.05, 0.1) is 5.75 Å². The number of hydrogen-bond acceptors (Lipinski definition) is 4. The Morgan fingerprint density at radius 2 is 2.00 bits per heavy atom. The fourth-order valence-electron chi connectivity index (χ4n) is 1.84. The van der Waals surface area contributed by atoms with E-state index in [1.165, 1.54) is 0 Å². The second-order valence-corrected chi connectivity index (χ2v) is 6.35. The lowest BCUT2D eigenvalue weighted by Crippen LogP contribution is -2.15. The van der Waals surface area contributed by atoms with E-state index >= 15 is 0 Å². The largest absolute Gasteiger partial charge is 0.399 e. The van der Waals surface area contributed by atoms with E-state index in [0.29, 0.717) is 17.1 Å². The molecule has 7 heteroatoms. The van der Waals surface area contributed by atoms with Gasteiger partial charge in [-0.25, -0.2) is 8.42 Å². The minimum absolute atomic E-state index is 0.108. The van der Waals surface area contributed by atoms with Crippen LogP contribution in [0.1, 0.15) is 24.6 Å². The standard InChI is InChI=1S/C13H18N4O2S/c1-2-3-12-8-13(16-15-12)17-20(18,19)9-10-4-6-11(14)7-5-10/h4-8H,2-3,9,14H2,1H3,(H2,15,16,17). The Bertz CT molecular complexity index is 662. The van der Waals surface area contributed by atoms with Gasteiger partial charge in [0.25, 0.3) is 0 Å². The first kappa shape index (κ1) is 14.4. The summed E-state index contributed by atoms with van der Waals surface area (Å²) in [5, 5.41) is 6.75. The Morgan fingerprint density at radius 3 is 2.65 bits per heavy atom. The molecule has 108 valence electrons. The summed E-state index contributed by atoms with van der Waals surface area (Å²) in [6.45, 7) is 2.05.